The van der Waals surface area contributed by atoms with Crippen LogP contribution in [-0.2, 0) is 9.59 Å². The Kier molecular flexibility index (Phi) is 1.50. The van der Waals surface area contributed by atoms with E-state index >= 15 is 0 Å². The number of fused-ring (bicyclic) bond motifs is 1. The zero-order chi connectivity index (χ0) is 8.55. The number of nitrogens with zero attached hydrogens (tertiary/aromatic N) is 1. The van der Waals surface area contributed by atoms with E-state index in [0.29, 0.717) is 6.42 Å². The molecular formula is C9H7NO2. The van der Waals surface area contributed by atoms with Gasteiger partial charge in [0.1, 0.15) is 6.54 Å². The van der Waals surface area contributed by atoms with E-state index in [2.05, 4.69) is 4.99 Å². The molecule has 0 aromatic carbocycles. The van der Waals surface area contributed by atoms with E-state index < -0.39 is 0 Å². The Hall–Kier alpha value is -1.51. The van der Waals surface area contributed by atoms with Crippen molar-refractivity contribution in [2.75, 3.05) is 6.54 Å². The van der Waals surface area contributed by atoms with E-state index in [4.69, 9.17) is 0 Å². The monoisotopic (exact) mass is 161 g/mol. The first kappa shape index (κ1) is 7.16. The van der Waals surface area contributed by atoms with Crippen LogP contribution in [0.4, 0.5) is 0 Å². The number of allylic oxidation sites excluding steroid dienone is 3. The highest BCUT2D eigenvalue weighted by atomic mass is 16.1. The Morgan fingerprint density at radius 1 is 1.17 bits per heavy atom. The molecule has 1 aliphatic carbocycles. The van der Waals surface area contributed by atoms with E-state index in [9.17, 15) is 9.59 Å². The van der Waals surface area contributed by atoms with Gasteiger partial charge in [0, 0.05) is 6.42 Å². The smallest absolute Gasteiger partial charge is 0.177 e. The minimum Gasteiger partial charge on any atom is -0.294 e. The molecule has 12 heavy (non-hydrogen) atoms. The highest BCUT2D eigenvalue weighted by Crippen LogP contribution is 2.15. The van der Waals surface area contributed by atoms with Crippen LogP contribution < -0.4 is 0 Å². The summed E-state index contributed by atoms with van der Waals surface area (Å²) in [7, 11) is 0. The molecule has 1 heterocycles. The standard InChI is InChI=1S/C9H7NO2/c11-7-1-2-9-6(3-7)4-8(12)5-10-9/h1-2,4H,3,5H2. The van der Waals surface area contributed by atoms with Crippen molar-refractivity contribution in [3.63, 3.8) is 0 Å². The summed E-state index contributed by atoms with van der Waals surface area (Å²) < 4.78 is 0. The van der Waals surface area contributed by atoms with E-state index in [1.54, 1.807) is 6.08 Å². The summed E-state index contributed by atoms with van der Waals surface area (Å²) in [5, 5.41) is 0. The average Bonchev–Trinajstić information content (AvgIpc) is 2.03. The normalized spacial score (nSPS) is 21.7. The van der Waals surface area contributed by atoms with Gasteiger partial charge >= 0.3 is 0 Å². The van der Waals surface area contributed by atoms with Gasteiger partial charge in [0.2, 0.25) is 0 Å². The fourth-order valence-corrected chi connectivity index (χ4v) is 1.30. The third-order valence-corrected chi connectivity index (χ3v) is 1.86. The molecule has 1 aliphatic heterocycles. The lowest BCUT2D eigenvalue weighted by Gasteiger charge is -2.13. The topological polar surface area (TPSA) is 46.5 Å². The van der Waals surface area contributed by atoms with Gasteiger partial charge in [0.15, 0.2) is 11.6 Å². The number of hydrogen-bond donors (Lipinski definition) is 0. The zero-order valence-corrected chi connectivity index (χ0v) is 6.41. The van der Waals surface area contributed by atoms with Crippen molar-refractivity contribution < 1.29 is 9.59 Å². The molecule has 0 atom stereocenters. The van der Waals surface area contributed by atoms with Crippen LogP contribution in [0.3, 0.4) is 0 Å². The average molecular weight is 161 g/mol. The van der Waals surface area contributed by atoms with Crippen molar-refractivity contribution >= 4 is 17.3 Å². The SMILES string of the molecule is O=C1C=C2CC(=O)C=CC2=NC1. The first-order valence-corrected chi connectivity index (χ1v) is 3.75. The summed E-state index contributed by atoms with van der Waals surface area (Å²) in [4.78, 5) is 25.9. The van der Waals surface area contributed by atoms with Crippen LogP contribution in [0.15, 0.2) is 28.8 Å². The van der Waals surface area contributed by atoms with Crippen molar-refractivity contribution in [1.82, 2.24) is 0 Å². The minimum atomic E-state index is -0.0168. The molecule has 2 aliphatic rings. The lowest BCUT2D eigenvalue weighted by Crippen LogP contribution is -2.18. The Balaban J connectivity index is 2.41. The Labute approximate surface area is 69.5 Å². The van der Waals surface area contributed by atoms with Crippen LogP contribution in [0.25, 0.3) is 0 Å². The Bertz CT molecular complexity index is 348. The van der Waals surface area contributed by atoms with Crippen LogP contribution >= 0.6 is 0 Å². The van der Waals surface area contributed by atoms with E-state index in [1.165, 1.54) is 12.2 Å². The molecule has 0 bridgehead atoms. The molecule has 0 saturated carbocycles. The number of dihydropyridines is 1. The van der Waals surface area contributed by atoms with Crippen LogP contribution in [0, 0.1) is 0 Å². The molecule has 0 amide bonds. The molecule has 3 nitrogen and oxygen atoms in total. The summed E-state index contributed by atoms with van der Waals surface area (Å²) in [6.45, 7) is 0.220. The maximum Gasteiger partial charge on any atom is 0.177 e. The van der Waals surface area contributed by atoms with Gasteiger partial charge in [-0.3, -0.25) is 14.6 Å². The molecule has 0 N–H and O–H groups in total. The first-order chi connectivity index (χ1) is 5.75. The van der Waals surface area contributed by atoms with E-state index in [-0.39, 0.29) is 18.1 Å². The number of carbonyl (C=O) groups is 2. The molecular weight excluding hydrogens is 154 g/mol. The van der Waals surface area contributed by atoms with Gasteiger partial charge in [-0.1, -0.05) is 0 Å². The molecule has 0 aromatic heterocycles. The number of carbonyl (C=O) groups excluding carboxylic acids is 2. The quantitative estimate of drug-likeness (QED) is 0.518. The molecule has 0 saturated heterocycles. The molecule has 2 rings (SSSR count). The van der Waals surface area contributed by atoms with Gasteiger partial charge < -0.3 is 0 Å². The van der Waals surface area contributed by atoms with Gasteiger partial charge in [-0.05, 0) is 23.8 Å². The maximum absolute atomic E-state index is 10.9. The lowest BCUT2D eigenvalue weighted by molar-refractivity contribution is -0.114. The van der Waals surface area contributed by atoms with Gasteiger partial charge in [-0.15, -0.1) is 0 Å². The number of hydrogen-bond acceptors (Lipinski definition) is 3. The molecule has 0 aromatic rings. The summed E-state index contributed by atoms with van der Waals surface area (Å²) in [6.07, 6.45) is 5.01. The van der Waals surface area contributed by atoms with Gasteiger partial charge in [0.05, 0.1) is 5.71 Å². The van der Waals surface area contributed by atoms with Crippen molar-refractivity contribution in [3.8, 4) is 0 Å². The molecule has 0 unspecified atom stereocenters. The van der Waals surface area contributed by atoms with Crippen molar-refractivity contribution in [2.45, 2.75) is 6.42 Å². The molecule has 0 fully saturated rings. The van der Waals surface area contributed by atoms with E-state index in [0.717, 1.165) is 11.3 Å². The number of ketones is 2. The molecule has 0 radical (unpaired) electrons. The van der Waals surface area contributed by atoms with Gasteiger partial charge in [0.25, 0.3) is 0 Å². The molecule has 60 valence electrons. The maximum atomic E-state index is 10.9. The third-order valence-electron chi connectivity index (χ3n) is 1.86. The highest BCUT2D eigenvalue weighted by molar-refractivity contribution is 6.21. The minimum absolute atomic E-state index is 0.0168. The zero-order valence-electron chi connectivity index (χ0n) is 6.41. The molecule has 0 spiro atoms. The summed E-state index contributed by atoms with van der Waals surface area (Å²) in [5.41, 5.74) is 1.55. The number of aliphatic imine (C=N–C) groups is 1. The van der Waals surface area contributed by atoms with Crippen molar-refractivity contribution in [3.05, 3.63) is 23.8 Å². The van der Waals surface area contributed by atoms with Crippen LogP contribution in [0.1, 0.15) is 6.42 Å². The number of rotatable bonds is 0. The van der Waals surface area contributed by atoms with Crippen LogP contribution in [-0.4, -0.2) is 23.8 Å². The summed E-state index contributed by atoms with van der Waals surface area (Å²) in [6, 6.07) is 0. The Morgan fingerprint density at radius 2 is 2.00 bits per heavy atom. The first-order valence-electron chi connectivity index (χ1n) is 3.75. The van der Waals surface area contributed by atoms with Crippen molar-refractivity contribution in [2.24, 2.45) is 4.99 Å². The van der Waals surface area contributed by atoms with Crippen LogP contribution in [0.2, 0.25) is 0 Å². The second kappa shape index (κ2) is 2.52. The van der Waals surface area contributed by atoms with Gasteiger partial charge in [-0.2, -0.15) is 0 Å². The van der Waals surface area contributed by atoms with Gasteiger partial charge in [-0.25, -0.2) is 0 Å². The van der Waals surface area contributed by atoms with Crippen LogP contribution in [0.5, 0.6) is 0 Å². The fraction of sp³-hybridized carbons (Fsp3) is 0.222. The molecule has 3 heteroatoms. The summed E-state index contributed by atoms with van der Waals surface area (Å²) in [5.74, 6) is 0.0201. The predicted molar refractivity (Wildman–Crippen MR) is 44.2 cm³/mol. The summed E-state index contributed by atoms with van der Waals surface area (Å²) >= 11 is 0. The highest BCUT2D eigenvalue weighted by Gasteiger charge is 2.18. The third kappa shape index (κ3) is 1.13. The fourth-order valence-electron chi connectivity index (χ4n) is 1.30. The van der Waals surface area contributed by atoms with Crippen molar-refractivity contribution in [1.29, 1.82) is 0 Å². The Morgan fingerprint density at radius 3 is 2.83 bits per heavy atom. The largest absolute Gasteiger partial charge is 0.294 e. The second-order valence-corrected chi connectivity index (χ2v) is 2.81. The van der Waals surface area contributed by atoms with E-state index in [1.807, 2.05) is 0 Å². The second-order valence-electron chi connectivity index (χ2n) is 2.81. The predicted octanol–water partition coefficient (Wildman–Crippen LogP) is 0.465. The lowest BCUT2D eigenvalue weighted by atomic mass is 9.95.